The van der Waals surface area contributed by atoms with Crippen LogP contribution in [0.2, 0.25) is 0 Å². The number of nitrogens with zero attached hydrogens (tertiary/aromatic N) is 1. The molecule has 0 fully saturated rings. The summed E-state index contributed by atoms with van der Waals surface area (Å²) in [5.41, 5.74) is 0. The molecule has 1 heterocycles. The molecule has 0 aromatic rings. The number of nitrogens with one attached hydrogen (secondary N) is 1. The number of amidine groups is 1. The van der Waals surface area contributed by atoms with Gasteiger partial charge in [-0.25, -0.2) is 0 Å². The fraction of sp³-hybridized carbons (Fsp3) is 0.917. The van der Waals surface area contributed by atoms with Crippen LogP contribution in [0.5, 0.6) is 0 Å². The zero-order chi connectivity index (χ0) is 11.3. The van der Waals surface area contributed by atoms with E-state index < -0.39 is 0 Å². The van der Waals surface area contributed by atoms with Crippen LogP contribution >= 0.6 is 11.8 Å². The molecule has 0 amide bonds. The Balaban J connectivity index is 2.34. The molecule has 2 atom stereocenters. The Labute approximate surface area is 98.3 Å². The average molecular weight is 228 g/mol. The minimum atomic E-state index is 0.580. The van der Waals surface area contributed by atoms with Gasteiger partial charge >= 0.3 is 0 Å². The monoisotopic (exact) mass is 228 g/mol. The second-order valence-electron chi connectivity index (χ2n) is 4.58. The van der Waals surface area contributed by atoms with Crippen LogP contribution in [0.25, 0.3) is 0 Å². The van der Waals surface area contributed by atoms with Gasteiger partial charge in [-0.3, -0.25) is 4.99 Å². The first-order chi connectivity index (χ1) is 7.17. The summed E-state index contributed by atoms with van der Waals surface area (Å²) >= 11 is 1.94. The Morgan fingerprint density at radius 3 is 2.73 bits per heavy atom. The highest BCUT2D eigenvalue weighted by Crippen LogP contribution is 2.24. The standard InChI is InChI=1S/C12H24N2S/c1-5-7-10-8-13-12(15-10)14-11(6-2)9(3)4/h9-11H,5-8H2,1-4H3,(H,13,14). The fourth-order valence-corrected chi connectivity index (χ4v) is 3.05. The van der Waals surface area contributed by atoms with Crippen molar-refractivity contribution in [2.45, 2.75) is 58.2 Å². The molecule has 2 nitrogen and oxygen atoms in total. The normalized spacial score (nSPS) is 23.0. The summed E-state index contributed by atoms with van der Waals surface area (Å²) in [7, 11) is 0. The van der Waals surface area contributed by atoms with Crippen molar-refractivity contribution < 1.29 is 0 Å². The van der Waals surface area contributed by atoms with Gasteiger partial charge in [0.1, 0.15) is 0 Å². The van der Waals surface area contributed by atoms with Gasteiger partial charge < -0.3 is 5.32 Å². The number of thioether (sulfide) groups is 1. The summed E-state index contributed by atoms with van der Waals surface area (Å²) in [5, 5.41) is 5.47. The van der Waals surface area contributed by atoms with Crippen molar-refractivity contribution in [1.82, 2.24) is 5.32 Å². The van der Waals surface area contributed by atoms with E-state index in [9.17, 15) is 0 Å². The lowest BCUT2D eigenvalue weighted by Crippen LogP contribution is -2.36. The SMILES string of the molecule is CCCC1CN=C(NC(CC)C(C)C)S1. The lowest BCUT2D eigenvalue weighted by molar-refractivity contribution is 0.444. The highest BCUT2D eigenvalue weighted by molar-refractivity contribution is 8.14. The van der Waals surface area contributed by atoms with E-state index in [1.807, 2.05) is 11.8 Å². The lowest BCUT2D eigenvalue weighted by atomic mass is 10.0. The van der Waals surface area contributed by atoms with Crippen LogP contribution in [0.15, 0.2) is 4.99 Å². The van der Waals surface area contributed by atoms with Gasteiger partial charge in [0, 0.05) is 11.3 Å². The van der Waals surface area contributed by atoms with E-state index in [1.165, 1.54) is 24.4 Å². The minimum absolute atomic E-state index is 0.580. The summed E-state index contributed by atoms with van der Waals surface area (Å²) in [6.45, 7) is 10.0. The summed E-state index contributed by atoms with van der Waals surface area (Å²) in [6, 6.07) is 0.580. The van der Waals surface area contributed by atoms with E-state index in [0.717, 1.165) is 11.8 Å². The van der Waals surface area contributed by atoms with Crippen molar-refractivity contribution in [2.75, 3.05) is 6.54 Å². The van der Waals surface area contributed by atoms with Crippen molar-refractivity contribution in [3.8, 4) is 0 Å². The van der Waals surface area contributed by atoms with Crippen molar-refractivity contribution in [2.24, 2.45) is 10.9 Å². The van der Waals surface area contributed by atoms with Gasteiger partial charge in [0.15, 0.2) is 5.17 Å². The number of hydrogen-bond donors (Lipinski definition) is 1. The van der Waals surface area contributed by atoms with Crippen molar-refractivity contribution >= 4 is 16.9 Å². The van der Waals surface area contributed by atoms with E-state index in [1.54, 1.807) is 0 Å². The Hall–Kier alpha value is -0.180. The van der Waals surface area contributed by atoms with Gasteiger partial charge in [-0.2, -0.15) is 0 Å². The molecule has 1 aliphatic heterocycles. The molecule has 1 rings (SSSR count). The zero-order valence-electron chi connectivity index (χ0n) is 10.4. The van der Waals surface area contributed by atoms with Crippen LogP contribution in [-0.2, 0) is 0 Å². The summed E-state index contributed by atoms with van der Waals surface area (Å²) in [4.78, 5) is 4.57. The smallest absolute Gasteiger partial charge is 0.157 e. The maximum Gasteiger partial charge on any atom is 0.157 e. The molecule has 0 radical (unpaired) electrons. The summed E-state index contributed by atoms with van der Waals surface area (Å²) in [5.74, 6) is 0.684. The van der Waals surface area contributed by atoms with Crippen LogP contribution in [0.1, 0.15) is 47.0 Å². The predicted octanol–water partition coefficient (Wildman–Crippen LogP) is 3.28. The van der Waals surface area contributed by atoms with Crippen LogP contribution in [0.3, 0.4) is 0 Å². The van der Waals surface area contributed by atoms with Gasteiger partial charge in [-0.15, -0.1) is 0 Å². The quantitative estimate of drug-likeness (QED) is 0.781. The van der Waals surface area contributed by atoms with Gasteiger partial charge in [0.05, 0.1) is 6.54 Å². The molecule has 0 bridgehead atoms. The molecule has 15 heavy (non-hydrogen) atoms. The van der Waals surface area contributed by atoms with Gasteiger partial charge in [0.25, 0.3) is 0 Å². The summed E-state index contributed by atoms with van der Waals surface area (Å²) < 4.78 is 0. The van der Waals surface area contributed by atoms with Crippen LogP contribution in [-0.4, -0.2) is 23.0 Å². The highest BCUT2D eigenvalue weighted by Gasteiger charge is 2.21. The van der Waals surface area contributed by atoms with E-state index in [-0.39, 0.29) is 0 Å². The van der Waals surface area contributed by atoms with Gasteiger partial charge in [0.2, 0.25) is 0 Å². The molecule has 1 aliphatic rings. The highest BCUT2D eigenvalue weighted by atomic mass is 32.2. The number of rotatable bonds is 5. The Morgan fingerprint density at radius 2 is 2.20 bits per heavy atom. The van der Waals surface area contributed by atoms with Crippen LogP contribution in [0, 0.1) is 5.92 Å². The molecule has 3 heteroatoms. The maximum atomic E-state index is 4.57. The molecule has 0 aliphatic carbocycles. The Kier molecular flexibility index (Phi) is 5.51. The third-order valence-electron chi connectivity index (χ3n) is 2.88. The largest absolute Gasteiger partial charge is 0.362 e. The van der Waals surface area contributed by atoms with Crippen molar-refractivity contribution in [1.29, 1.82) is 0 Å². The topological polar surface area (TPSA) is 24.4 Å². The third kappa shape index (κ3) is 4.06. The minimum Gasteiger partial charge on any atom is -0.362 e. The Morgan fingerprint density at radius 1 is 1.47 bits per heavy atom. The molecule has 0 aromatic carbocycles. The maximum absolute atomic E-state index is 4.57. The molecular weight excluding hydrogens is 204 g/mol. The van der Waals surface area contributed by atoms with E-state index in [0.29, 0.717) is 12.0 Å². The lowest BCUT2D eigenvalue weighted by Gasteiger charge is -2.21. The fourth-order valence-electron chi connectivity index (χ4n) is 1.87. The first-order valence-corrected chi connectivity index (χ1v) is 7.02. The van der Waals surface area contributed by atoms with E-state index >= 15 is 0 Å². The summed E-state index contributed by atoms with van der Waals surface area (Å²) in [6.07, 6.45) is 3.73. The zero-order valence-corrected chi connectivity index (χ0v) is 11.2. The molecule has 0 saturated carbocycles. The van der Waals surface area contributed by atoms with Crippen LogP contribution in [0.4, 0.5) is 0 Å². The van der Waals surface area contributed by atoms with E-state index in [2.05, 4.69) is 38.0 Å². The third-order valence-corrected chi connectivity index (χ3v) is 4.07. The van der Waals surface area contributed by atoms with Crippen molar-refractivity contribution in [3.05, 3.63) is 0 Å². The second-order valence-corrected chi connectivity index (χ2v) is 5.87. The first-order valence-electron chi connectivity index (χ1n) is 6.15. The average Bonchev–Trinajstić information content (AvgIpc) is 2.62. The molecule has 0 aromatic heterocycles. The predicted molar refractivity (Wildman–Crippen MR) is 70.6 cm³/mol. The molecule has 88 valence electrons. The van der Waals surface area contributed by atoms with E-state index in [4.69, 9.17) is 0 Å². The van der Waals surface area contributed by atoms with Crippen molar-refractivity contribution in [3.63, 3.8) is 0 Å². The molecular formula is C12H24N2S. The number of hydrogen-bond acceptors (Lipinski definition) is 3. The number of aliphatic imine (C=N–C) groups is 1. The van der Waals surface area contributed by atoms with Gasteiger partial charge in [-0.05, 0) is 18.8 Å². The molecule has 0 saturated heterocycles. The first kappa shape index (κ1) is 12.9. The van der Waals surface area contributed by atoms with Crippen LogP contribution < -0.4 is 5.32 Å². The van der Waals surface area contributed by atoms with Gasteiger partial charge in [-0.1, -0.05) is 45.9 Å². The molecule has 2 unspecified atom stereocenters. The molecule has 0 spiro atoms. The Bertz CT molecular complexity index is 214. The molecule has 1 N–H and O–H groups in total. The second kappa shape index (κ2) is 6.41.